The summed E-state index contributed by atoms with van der Waals surface area (Å²) in [6.45, 7) is 6.68. The molecule has 1 atom stereocenters. The maximum atomic E-state index is 12.0. The highest BCUT2D eigenvalue weighted by atomic mass is 16.1. The van der Waals surface area contributed by atoms with Gasteiger partial charge in [0.1, 0.15) is 0 Å². The first-order valence-electron chi connectivity index (χ1n) is 7.60. The molecule has 1 aromatic rings. The molecule has 1 saturated heterocycles. The molecule has 5 nitrogen and oxygen atoms in total. The molecule has 1 unspecified atom stereocenters. The van der Waals surface area contributed by atoms with Gasteiger partial charge in [-0.2, -0.15) is 0 Å². The first-order valence-corrected chi connectivity index (χ1v) is 7.60. The second-order valence-corrected chi connectivity index (χ2v) is 5.83. The summed E-state index contributed by atoms with van der Waals surface area (Å²) < 4.78 is 0. The minimum atomic E-state index is 0.0655. The van der Waals surface area contributed by atoms with E-state index in [-0.39, 0.29) is 5.91 Å². The van der Waals surface area contributed by atoms with E-state index in [0.717, 1.165) is 37.4 Å². The van der Waals surface area contributed by atoms with Gasteiger partial charge in [0.05, 0.1) is 0 Å². The van der Waals surface area contributed by atoms with Crippen LogP contribution in [-0.4, -0.2) is 55.0 Å². The zero-order chi connectivity index (χ0) is 15.2. The number of piperazine rings is 1. The Labute approximate surface area is 127 Å². The molecule has 1 aromatic carbocycles. The maximum absolute atomic E-state index is 12.0. The van der Waals surface area contributed by atoms with Gasteiger partial charge in [-0.3, -0.25) is 4.79 Å². The van der Waals surface area contributed by atoms with Crippen molar-refractivity contribution < 1.29 is 4.79 Å². The Bertz CT molecular complexity index is 477. The Balaban J connectivity index is 1.77. The highest BCUT2D eigenvalue weighted by Gasteiger charge is 2.20. The van der Waals surface area contributed by atoms with Crippen molar-refractivity contribution in [3.63, 3.8) is 0 Å². The van der Waals surface area contributed by atoms with Crippen LogP contribution in [-0.2, 0) is 11.3 Å². The molecule has 21 heavy (non-hydrogen) atoms. The molecule has 0 aliphatic carbocycles. The number of nitrogens with zero attached hydrogens (tertiary/aromatic N) is 2. The third-order valence-electron chi connectivity index (χ3n) is 4.15. The Morgan fingerprint density at radius 2 is 2.24 bits per heavy atom. The molecular weight excluding hydrogens is 264 g/mol. The standard InChI is InChI=1S/C16H26N4O/c1-13-12-20(9-8-19(13)2)7-6-16(21)18-15-5-3-4-14(10-15)11-17/h3-5,10,13H,6-9,11-12,17H2,1-2H3,(H,18,21). The molecule has 5 heteroatoms. The van der Waals surface area contributed by atoms with E-state index in [1.807, 2.05) is 24.3 Å². The lowest BCUT2D eigenvalue weighted by Crippen LogP contribution is -2.50. The summed E-state index contributed by atoms with van der Waals surface area (Å²) in [5.74, 6) is 0.0655. The number of nitrogens with two attached hydrogens (primary N) is 1. The Morgan fingerprint density at radius 1 is 1.43 bits per heavy atom. The Hall–Kier alpha value is -1.43. The fourth-order valence-corrected chi connectivity index (χ4v) is 2.59. The van der Waals surface area contributed by atoms with E-state index in [0.29, 0.717) is 19.0 Å². The molecule has 0 aromatic heterocycles. The quantitative estimate of drug-likeness (QED) is 0.853. The van der Waals surface area contributed by atoms with E-state index >= 15 is 0 Å². The number of hydrogen-bond donors (Lipinski definition) is 2. The van der Waals surface area contributed by atoms with Crippen LogP contribution < -0.4 is 11.1 Å². The van der Waals surface area contributed by atoms with E-state index in [2.05, 4.69) is 29.1 Å². The lowest BCUT2D eigenvalue weighted by atomic mass is 10.2. The van der Waals surface area contributed by atoms with Gasteiger partial charge in [-0.1, -0.05) is 12.1 Å². The van der Waals surface area contributed by atoms with Crippen LogP contribution in [0.4, 0.5) is 5.69 Å². The van der Waals surface area contributed by atoms with Gasteiger partial charge in [-0.05, 0) is 31.7 Å². The van der Waals surface area contributed by atoms with Crippen molar-refractivity contribution in [1.29, 1.82) is 0 Å². The van der Waals surface area contributed by atoms with Crippen molar-refractivity contribution in [3.8, 4) is 0 Å². The molecule has 1 aliphatic rings. The molecule has 0 saturated carbocycles. The Morgan fingerprint density at radius 3 is 2.95 bits per heavy atom. The van der Waals surface area contributed by atoms with Crippen LogP contribution in [0.1, 0.15) is 18.9 Å². The number of rotatable bonds is 5. The fraction of sp³-hybridized carbons (Fsp3) is 0.562. The smallest absolute Gasteiger partial charge is 0.225 e. The molecule has 1 heterocycles. The summed E-state index contributed by atoms with van der Waals surface area (Å²) in [6.07, 6.45) is 0.531. The molecule has 0 spiro atoms. The second-order valence-electron chi connectivity index (χ2n) is 5.83. The van der Waals surface area contributed by atoms with Crippen molar-refractivity contribution in [2.45, 2.75) is 25.9 Å². The molecule has 2 rings (SSSR count). The van der Waals surface area contributed by atoms with Gasteiger partial charge in [-0.15, -0.1) is 0 Å². The summed E-state index contributed by atoms with van der Waals surface area (Å²) in [5, 5.41) is 2.94. The van der Waals surface area contributed by atoms with Crippen molar-refractivity contribution in [1.82, 2.24) is 9.80 Å². The van der Waals surface area contributed by atoms with E-state index in [1.54, 1.807) is 0 Å². The third kappa shape index (κ3) is 4.81. The van der Waals surface area contributed by atoms with Crippen LogP contribution in [0.5, 0.6) is 0 Å². The summed E-state index contributed by atoms with van der Waals surface area (Å²) in [5.41, 5.74) is 7.46. The van der Waals surface area contributed by atoms with Crippen molar-refractivity contribution in [2.75, 3.05) is 38.5 Å². The number of likely N-dealkylation sites (N-methyl/N-ethyl adjacent to an activating group) is 1. The molecule has 1 fully saturated rings. The summed E-state index contributed by atoms with van der Waals surface area (Å²) in [6, 6.07) is 8.26. The predicted octanol–water partition coefficient (Wildman–Crippen LogP) is 1.11. The monoisotopic (exact) mass is 290 g/mol. The average Bonchev–Trinajstić information content (AvgIpc) is 2.48. The van der Waals surface area contributed by atoms with E-state index < -0.39 is 0 Å². The zero-order valence-corrected chi connectivity index (χ0v) is 13.0. The number of amides is 1. The topological polar surface area (TPSA) is 61.6 Å². The normalized spacial score (nSPS) is 20.4. The van der Waals surface area contributed by atoms with E-state index in [4.69, 9.17) is 5.73 Å². The van der Waals surface area contributed by atoms with Crippen LogP contribution in [0.15, 0.2) is 24.3 Å². The molecule has 3 N–H and O–H groups in total. The van der Waals surface area contributed by atoms with Gasteiger partial charge in [0.25, 0.3) is 0 Å². The third-order valence-corrected chi connectivity index (χ3v) is 4.15. The fourth-order valence-electron chi connectivity index (χ4n) is 2.59. The summed E-state index contributed by atoms with van der Waals surface area (Å²) in [7, 11) is 2.15. The van der Waals surface area contributed by atoms with Crippen LogP contribution in [0.2, 0.25) is 0 Å². The van der Waals surface area contributed by atoms with Gasteiger partial charge < -0.3 is 20.9 Å². The predicted molar refractivity (Wildman–Crippen MR) is 86.1 cm³/mol. The molecular formula is C16H26N4O. The van der Waals surface area contributed by atoms with Crippen LogP contribution in [0.3, 0.4) is 0 Å². The number of anilines is 1. The van der Waals surface area contributed by atoms with Gasteiger partial charge in [0.2, 0.25) is 5.91 Å². The van der Waals surface area contributed by atoms with Gasteiger partial charge in [0.15, 0.2) is 0 Å². The number of carbonyl (C=O) groups excluding carboxylic acids is 1. The highest BCUT2D eigenvalue weighted by Crippen LogP contribution is 2.11. The molecule has 116 valence electrons. The molecule has 0 radical (unpaired) electrons. The summed E-state index contributed by atoms with van der Waals surface area (Å²) >= 11 is 0. The summed E-state index contributed by atoms with van der Waals surface area (Å²) in [4.78, 5) is 16.7. The first-order chi connectivity index (χ1) is 10.1. The SMILES string of the molecule is CC1CN(CCC(=O)Nc2cccc(CN)c2)CCN1C. The minimum Gasteiger partial charge on any atom is -0.326 e. The molecule has 0 bridgehead atoms. The number of hydrogen-bond acceptors (Lipinski definition) is 4. The van der Waals surface area contributed by atoms with Gasteiger partial charge in [0, 0.05) is 50.9 Å². The van der Waals surface area contributed by atoms with Gasteiger partial charge >= 0.3 is 0 Å². The maximum Gasteiger partial charge on any atom is 0.225 e. The molecule has 1 aliphatic heterocycles. The number of benzene rings is 1. The van der Waals surface area contributed by atoms with Crippen molar-refractivity contribution in [3.05, 3.63) is 29.8 Å². The second kappa shape index (κ2) is 7.54. The van der Waals surface area contributed by atoms with Crippen LogP contribution in [0, 0.1) is 0 Å². The van der Waals surface area contributed by atoms with Crippen molar-refractivity contribution in [2.24, 2.45) is 5.73 Å². The lowest BCUT2D eigenvalue weighted by Gasteiger charge is -2.37. The largest absolute Gasteiger partial charge is 0.326 e. The average molecular weight is 290 g/mol. The van der Waals surface area contributed by atoms with E-state index in [1.165, 1.54) is 0 Å². The van der Waals surface area contributed by atoms with E-state index in [9.17, 15) is 4.79 Å². The van der Waals surface area contributed by atoms with Crippen LogP contribution >= 0.6 is 0 Å². The Kier molecular flexibility index (Phi) is 5.73. The first kappa shape index (κ1) is 15.9. The number of carbonyl (C=O) groups is 1. The molecule has 1 amide bonds. The highest BCUT2D eigenvalue weighted by molar-refractivity contribution is 5.90. The minimum absolute atomic E-state index is 0.0655. The zero-order valence-electron chi connectivity index (χ0n) is 13.0. The lowest BCUT2D eigenvalue weighted by molar-refractivity contribution is -0.116. The van der Waals surface area contributed by atoms with Gasteiger partial charge in [-0.25, -0.2) is 0 Å². The number of nitrogens with one attached hydrogen (secondary N) is 1. The van der Waals surface area contributed by atoms with Crippen LogP contribution in [0.25, 0.3) is 0 Å². The van der Waals surface area contributed by atoms with Crippen molar-refractivity contribution >= 4 is 11.6 Å².